The maximum absolute atomic E-state index is 14.0. The summed E-state index contributed by atoms with van der Waals surface area (Å²) in [5.41, 5.74) is 5.41. The molecule has 0 fully saturated rings. The van der Waals surface area contributed by atoms with Gasteiger partial charge in [-0.15, -0.1) is 0 Å². The first-order valence-corrected chi connectivity index (χ1v) is 13.3. The van der Waals surface area contributed by atoms with E-state index in [9.17, 15) is 4.79 Å². The molecule has 1 unspecified atom stereocenters. The Balaban J connectivity index is 1.48. The van der Waals surface area contributed by atoms with E-state index in [2.05, 4.69) is 16.0 Å². The highest BCUT2D eigenvalue weighted by molar-refractivity contribution is 6.30. The number of ether oxygens (including phenoxy) is 1. The van der Waals surface area contributed by atoms with Crippen LogP contribution in [0.2, 0.25) is 5.02 Å². The van der Waals surface area contributed by atoms with Gasteiger partial charge >= 0.3 is 6.03 Å². The molecule has 0 bridgehead atoms. The van der Waals surface area contributed by atoms with E-state index in [-0.39, 0.29) is 12.1 Å². The average molecular weight is 538 g/mol. The van der Waals surface area contributed by atoms with Gasteiger partial charge in [0.1, 0.15) is 11.6 Å². The summed E-state index contributed by atoms with van der Waals surface area (Å²) in [7, 11) is 0. The van der Waals surface area contributed by atoms with Crippen molar-refractivity contribution in [3.63, 3.8) is 0 Å². The van der Waals surface area contributed by atoms with Crippen LogP contribution in [0.15, 0.2) is 97.2 Å². The zero-order valence-electron chi connectivity index (χ0n) is 21.7. The van der Waals surface area contributed by atoms with Crippen molar-refractivity contribution in [2.45, 2.75) is 26.4 Å². The van der Waals surface area contributed by atoms with Crippen molar-refractivity contribution in [3.05, 3.63) is 125 Å². The van der Waals surface area contributed by atoms with Crippen molar-refractivity contribution in [3.8, 4) is 17.3 Å². The number of hydrogen-bond donors (Lipinski definition) is 1. The van der Waals surface area contributed by atoms with E-state index in [1.807, 2.05) is 115 Å². The second-order valence-electron chi connectivity index (χ2n) is 9.41. The van der Waals surface area contributed by atoms with Crippen LogP contribution in [0.5, 0.6) is 5.75 Å². The Morgan fingerprint density at radius 1 is 1.00 bits per heavy atom. The number of aromatic nitrogens is 3. The number of aryl methyl sites for hydroxylation is 1. The van der Waals surface area contributed by atoms with Gasteiger partial charge in [-0.05, 0) is 80.1 Å². The molecular formula is C31H28ClN5O2. The summed E-state index contributed by atoms with van der Waals surface area (Å²) in [6.45, 7) is 4.89. The maximum Gasteiger partial charge on any atom is 0.322 e. The van der Waals surface area contributed by atoms with Crippen molar-refractivity contribution < 1.29 is 9.53 Å². The van der Waals surface area contributed by atoms with E-state index in [1.54, 1.807) is 0 Å². The number of anilines is 1. The minimum Gasteiger partial charge on any atom is -0.494 e. The molecule has 8 heteroatoms. The minimum absolute atomic E-state index is 0.216. The van der Waals surface area contributed by atoms with Gasteiger partial charge in [0, 0.05) is 22.5 Å². The number of amides is 2. The summed E-state index contributed by atoms with van der Waals surface area (Å²) in [5, 5.41) is 8.65. The van der Waals surface area contributed by atoms with Crippen molar-refractivity contribution in [2.75, 3.05) is 11.9 Å². The van der Waals surface area contributed by atoms with E-state index < -0.39 is 0 Å². The maximum atomic E-state index is 14.0. The van der Waals surface area contributed by atoms with Crippen LogP contribution in [-0.2, 0) is 6.54 Å². The predicted molar refractivity (Wildman–Crippen MR) is 153 cm³/mol. The molecule has 0 saturated carbocycles. The van der Waals surface area contributed by atoms with Gasteiger partial charge in [-0.25, -0.2) is 9.48 Å². The Kier molecular flexibility index (Phi) is 6.59. The molecule has 39 heavy (non-hydrogen) atoms. The smallest absolute Gasteiger partial charge is 0.322 e. The first-order valence-electron chi connectivity index (χ1n) is 12.9. The third-order valence-corrected chi connectivity index (χ3v) is 7.20. The lowest BCUT2D eigenvalue weighted by Crippen LogP contribution is -2.38. The van der Waals surface area contributed by atoms with Crippen molar-refractivity contribution in [2.24, 2.45) is 0 Å². The second-order valence-corrected chi connectivity index (χ2v) is 9.84. The van der Waals surface area contributed by atoms with Crippen LogP contribution >= 0.6 is 11.6 Å². The number of carbonyl (C=O) groups is 1. The molecule has 0 saturated heterocycles. The molecule has 6 rings (SSSR count). The number of carbonyl (C=O) groups excluding carboxylic acids is 1. The normalized spacial score (nSPS) is 14.3. The van der Waals surface area contributed by atoms with Gasteiger partial charge in [0.05, 0.1) is 36.3 Å². The summed E-state index contributed by atoms with van der Waals surface area (Å²) in [6, 6.07) is 28.6. The summed E-state index contributed by atoms with van der Waals surface area (Å²) >= 11 is 6.25. The third-order valence-electron chi connectivity index (χ3n) is 6.95. The van der Waals surface area contributed by atoms with E-state index in [0.29, 0.717) is 23.9 Å². The lowest BCUT2D eigenvalue weighted by atomic mass is 10.0. The molecule has 7 nitrogen and oxygen atoms in total. The SMILES string of the molecule is CCOc1ccc(NC(=O)N2Cc3c(C)nn(-c4ccccc4)c3-n3cccc3C2c2ccc(Cl)cc2)cc1. The van der Waals surface area contributed by atoms with Crippen molar-refractivity contribution >= 4 is 23.3 Å². The molecule has 1 atom stereocenters. The topological polar surface area (TPSA) is 64.3 Å². The van der Waals surface area contributed by atoms with E-state index in [1.165, 1.54) is 0 Å². The molecule has 5 aromatic rings. The first-order chi connectivity index (χ1) is 19.0. The summed E-state index contributed by atoms with van der Waals surface area (Å²) < 4.78 is 9.66. The second kappa shape index (κ2) is 10.3. The van der Waals surface area contributed by atoms with Gasteiger partial charge in [0.2, 0.25) is 0 Å². The number of nitrogens with zero attached hydrogens (tertiary/aromatic N) is 4. The molecule has 1 aliphatic heterocycles. The highest BCUT2D eigenvalue weighted by Crippen LogP contribution is 2.39. The van der Waals surface area contributed by atoms with Crippen molar-refractivity contribution in [1.82, 2.24) is 19.2 Å². The lowest BCUT2D eigenvalue weighted by molar-refractivity contribution is 0.194. The zero-order valence-corrected chi connectivity index (χ0v) is 22.5. The number of rotatable bonds is 5. The molecule has 2 amide bonds. The van der Waals surface area contributed by atoms with E-state index in [0.717, 1.165) is 39.8 Å². The molecular weight excluding hydrogens is 510 g/mol. The minimum atomic E-state index is -0.365. The highest BCUT2D eigenvalue weighted by atomic mass is 35.5. The predicted octanol–water partition coefficient (Wildman–Crippen LogP) is 7.16. The van der Waals surface area contributed by atoms with Gasteiger partial charge in [-0.3, -0.25) is 0 Å². The molecule has 1 N–H and O–H groups in total. The molecule has 0 aliphatic carbocycles. The summed E-state index contributed by atoms with van der Waals surface area (Å²) in [6.07, 6.45) is 2.03. The van der Waals surface area contributed by atoms with E-state index >= 15 is 0 Å². The fourth-order valence-corrected chi connectivity index (χ4v) is 5.27. The van der Waals surface area contributed by atoms with E-state index in [4.69, 9.17) is 21.4 Å². The van der Waals surface area contributed by atoms with Crippen LogP contribution < -0.4 is 10.1 Å². The Labute approximate surface area is 232 Å². The van der Waals surface area contributed by atoms with Crippen molar-refractivity contribution in [1.29, 1.82) is 0 Å². The Hall–Kier alpha value is -4.49. The third kappa shape index (κ3) is 4.66. The quantitative estimate of drug-likeness (QED) is 0.259. The number of nitrogens with one attached hydrogen (secondary N) is 1. The number of fused-ring (bicyclic) bond motifs is 3. The zero-order chi connectivity index (χ0) is 26.9. The van der Waals surface area contributed by atoms with Gasteiger partial charge in [0.15, 0.2) is 0 Å². The molecule has 0 spiro atoms. The number of hydrogen-bond acceptors (Lipinski definition) is 3. The molecule has 3 aromatic carbocycles. The summed E-state index contributed by atoms with van der Waals surface area (Å²) in [4.78, 5) is 15.9. The Morgan fingerprint density at radius 3 is 2.46 bits per heavy atom. The monoisotopic (exact) mass is 537 g/mol. The fourth-order valence-electron chi connectivity index (χ4n) is 5.14. The highest BCUT2D eigenvalue weighted by Gasteiger charge is 2.36. The summed E-state index contributed by atoms with van der Waals surface area (Å²) in [5.74, 6) is 1.68. The molecule has 3 heterocycles. The van der Waals surface area contributed by atoms with Crippen LogP contribution in [0, 0.1) is 6.92 Å². The van der Waals surface area contributed by atoms with Crippen LogP contribution in [0.1, 0.15) is 35.5 Å². The lowest BCUT2D eigenvalue weighted by Gasteiger charge is -2.31. The molecule has 0 radical (unpaired) electrons. The molecule has 1 aliphatic rings. The number of halogens is 1. The molecule has 196 valence electrons. The Morgan fingerprint density at radius 2 is 1.74 bits per heavy atom. The van der Waals surface area contributed by atoms with Gasteiger partial charge < -0.3 is 19.5 Å². The van der Waals surface area contributed by atoms with Gasteiger partial charge in [-0.2, -0.15) is 5.10 Å². The molecule has 2 aromatic heterocycles. The number of urea groups is 1. The van der Waals surface area contributed by atoms with Crippen LogP contribution in [0.3, 0.4) is 0 Å². The Bertz CT molecular complexity index is 1610. The largest absolute Gasteiger partial charge is 0.494 e. The van der Waals surface area contributed by atoms with Crippen LogP contribution in [-0.4, -0.2) is 31.9 Å². The number of benzene rings is 3. The standard InChI is InChI=1S/C31H28ClN5O2/c1-3-39-26-17-15-24(16-18-26)33-31(38)36-20-27-21(2)34-37(25-8-5-4-6-9-25)30(27)35-19-7-10-28(35)29(36)22-11-13-23(32)14-12-22/h4-19,29H,3,20H2,1-2H3,(H,33,38). The first kappa shape index (κ1) is 24.8. The average Bonchev–Trinajstić information content (AvgIpc) is 3.51. The number of para-hydroxylation sites is 1. The van der Waals surface area contributed by atoms with Gasteiger partial charge in [-0.1, -0.05) is 41.9 Å². The van der Waals surface area contributed by atoms with Crippen LogP contribution in [0.25, 0.3) is 11.5 Å². The fraction of sp³-hybridized carbons (Fsp3) is 0.161. The van der Waals surface area contributed by atoms with Crippen LogP contribution in [0.4, 0.5) is 10.5 Å². The van der Waals surface area contributed by atoms with Gasteiger partial charge in [0.25, 0.3) is 0 Å².